The molecule has 9 heteroatoms. The molecule has 0 bridgehead atoms. The van der Waals surface area contributed by atoms with Gasteiger partial charge in [0.25, 0.3) is 5.56 Å². The van der Waals surface area contributed by atoms with Crippen LogP contribution in [0.25, 0.3) is 27.9 Å². The fraction of sp³-hybridized carbons (Fsp3) is 0.158. The van der Waals surface area contributed by atoms with E-state index in [0.717, 1.165) is 0 Å². The lowest BCUT2D eigenvalue weighted by molar-refractivity contribution is -0.140. The van der Waals surface area contributed by atoms with Crippen LogP contribution in [0.3, 0.4) is 0 Å². The average Bonchev–Trinajstić information content (AvgIpc) is 3.13. The molecule has 0 aliphatic heterocycles. The Morgan fingerprint density at radius 3 is 2.79 bits per heavy atom. The van der Waals surface area contributed by atoms with Gasteiger partial charge in [0.15, 0.2) is 0 Å². The largest absolute Gasteiger partial charge is 0.478 e. The number of carboxylic acids is 1. The van der Waals surface area contributed by atoms with Crippen LogP contribution < -0.4 is 10.9 Å². The van der Waals surface area contributed by atoms with Gasteiger partial charge in [0.05, 0.1) is 19.1 Å². The molecule has 0 atom stereocenters. The Bertz CT molecular complexity index is 1170. The molecule has 2 aromatic heterocycles. The standard InChI is InChI=1S/C19H17N3O6/c1-28-15(24)6-7-20-14(23)5-3-10-2-4-13-11(8-10)16-12(19(26)27)9-21-17(16)18(25)22-13/h2-5,8-9,21H,6-7H2,1H3,(H,20,23)(H,22,25)(H,26,27)/b5-3+. The van der Waals surface area contributed by atoms with Gasteiger partial charge in [-0.2, -0.15) is 0 Å². The number of H-pyrrole nitrogens is 2. The van der Waals surface area contributed by atoms with Crippen molar-refractivity contribution in [2.24, 2.45) is 0 Å². The molecule has 0 saturated carbocycles. The molecule has 0 fully saturated rings. The Kier molecular flexibility index (Phi) is 5.25. The van der Waals surface area contributed by atoms with Crippen LogP contribution in [0.4, 0.5) is 0 Å². The number of pyridine rings is 1. The number of methoxy groups -OCH3 is 1. The van der Waals surface area contributed by atoms with Crippen LogP contribution >= 0.6 is 0 Å². The smallest absolute Gasteiger partial charge is 0.337 e. The van der Waals surface area contributed by atoms with E-state index in [-0.39, 0.29) is 30.0 Å². The number of carbonyl (C=O) groups is 3. The van der Waals surface area contributed by atoms with E-state index < -0.39 is 17.5 Å². The Balaban J connectivity index is 1.90. The molecule has 0 aliphatic carbocycles. The van der Waals surface area contributed by atoms with Gasteiger partial charge in [0, 0.05) is 35.1 Å². The third-order valence-corrected chi connectivity index (χ3v) is 4.18. The van der Waals surface area contributed by atoms with E-state index in [2.05, 4.69) is 20.0 Å². The molecule has 1 aromatic carbocycles. The van der Waals surface area contributed by atoms with Crippen molar-refractivity contribution in [3.8, 4) is 0 Å². The van der Waals surface area contributed by atoms with Crippen molar-refractivity contribution in [3.05, 3.63) is 52.0 Å². The van der Waals surface area contributed by atoms with Crippen molar-refractivity contribution in [1.29, 1.82) is 0 Å². The van der Waals surface area contributed by atoms with Crippen LogP contribution in [0.1, 0.15) is 22.3 Å². The van der Waals surface area contributed by atoms with Gasteiger partial charge in [-0.15, -0.1) is 0 Å². The van der Waals surface area contributed by atoms with E-state index in [1.165, 1.54) is 19.4 Å². The zero-order valence-corrected chi connectivity index (χ0v) is 14.9. The molecule has 0 aliphatic rings. The zero-order valence-electron chi connectivity index (χ0n) is 14.9. The average molecular weight is 383 g/mol. The number of ether oxygens (including phenoxy) is 1. The molecule has 9 nitrogen and oxygen atoms in total. The lowest BCUT2D eigenvalue weighted by Gasteiger charge is -2.04. The predicted octanol–water partition coefficient (Wildman–Crippen LogP) is 1.40. The number of fused-ring (bicyclic) bond motifs is 3. The summed E-state index contributed by atoms with van der Waals surface area (Å²) in [6, 6.07) is 5.02. The summed E-state index contributed by atoms with van der Waals surface area (Å²) >= 11 is 0. The molecular formula is C19H17N3O6. The second-order valence-electron chi connectivity index (χ2n) is 5.97. The van der Waals surface area contributed by atoms with Crippen molar-refractivity contribution >= 4 is 45.7 Å². The van der Waals surface area contributed by atoms with E-state index >= 15 is 0 Å². The first-order valence-electron chi connectivity index (χ1n) is 8.34. The molecule has 0 radical (unpaired) electrons. The summed E-state index contributed by atoms with van der Waals surface area (Å²) in [6.07, 6.45) is 4.20. The van der Waals surface area contributed by atoms with Crippen molar-refractivity contribution < 1.29 is 24.2 Å². The van der Waals surface area contributed by atoms with Gasteiger partial charge in [-0.05, 0) is 23.8 Å². The number of carbonyl (C=O) groups excluding carboxylic acids is 2. The van der Waals surface area contributed by atoms with Crippen molar-refractivity contribution in [3.63, 3.8) is 0 Å². The first-order chi connectivity index (χ1) is 13.4. The molecule has 1 amide bonds. The number of aromatic amines is 2. The maximum absolute atomic E-state index is 12.1. The number of nitrogens with one attached hydrogen (secondary N) is 3. The summed E-state index contributed by atoms with van der Waals surface area (Å²) in [6.45, 7) is 0.154. The Morgan fingerprint density at radius 1 is 1.29 bits per heavy atom. The molecule has 0 spiro atoms. The van der Waals surface area contributed by atoms with E-state index in [1.54, 1.807) is 24.3 Å². The minimum atomic E-state index is -1.15. The molecule has 4 N–H and O–H groups in total. The monoisotopic (exact) mass is 383 g/mol. The minimum Gasteiger partial charge on any atom is -0.478 e. The predicted molar refractivity (Wildman–Crippen MR) is 102 cm³/mol. The second-order valence-corrected chi connectivity index (χ2v) is 5.97. The first-order valence-corrected chi connectivity index (χ1v) is 8.34. The van der Waals surface area contributed by atoms with Gasteiger partial charge in [0.1, 0.15) is 5.52 Å². The van der Waals surface area contributed by atoms with E-state index in [4.69, 9.17) is 0 Å². The number of benzene rings is 1. The highest BCUT2D eigenvalue weighted by molar-refractivity contribution is 6.14. The van der Waals surface area contributed by atoms with Crippen LogP contribution in [0.5, 0.6) is 0 Å². The number of aromatic carboxylic acids is 1. The quantitative estimate of drug-likeness (QED) is 0.374. The fourth-order valence-electron chi connectivity index (χ4n) is 2.84. The molecule has 2 heterocycles. The summed E-state index contributed by atoms with van der Waals surface area (Å²) in [5.74, 6) is -1.95. The summed E-state index contributed by atoms with van der Waals surface area (Å²) < 4.78 is 4.49. The molecule has 3 rings (SSSR count). The van der Waals surface area contributed by atoms with Crippen LogP contribution in [-0.2, 0) is 14.3 Å². The molecule has 0 unspecified atom stereocenters. The highest BCUT2D eigenvalue weighted by Gasteiger charge is 2.16. The van der Waals surface area contributed by atoms with Gasteiger partial charge >= 0.3 is 11.9 Å². The molecule has 3 aromatic rings. The topological polar surface area (TPSA) is 141 Å². The van der Waals surface area contributed by atoms with Crippen LogP contribution in [0.2, 0.25) is 0 Å². The molecule has 28 heavy (non-hydrogen) atoms. The van der Waals surface area contributed by atoms with Crippen LogP contribution in [0.15, 0.2) is 35.3 Å². The highest BCUT2D eigenvalue weighted by atomic mass is 16.5. The van der Waals surface area contributed by atoms with E-state index in [1.807, 2.05) is 0 Å². The van der Waals surface area contributed by atoms with Crippen molar-refractivity contribution in [1.82, 2.24) is 15.3 Å². The summed E-state index contributed by atoms with van der Waals surface area (Å²) in [5.41, 5.74) is 0.878. The summed E-state index contributed by atoms with van der Waals surface area (Å²) in [7, 11) is 1.27. The number of esters is 1. The summed E-state index contributed by atoms with van der Waals surface area (Å²) in [4.78, 5) is 51.8. The third-order valence-electron chi connectivity index (χ3n) is 4.18. The van der Waals surface area contributed by atoms with Gasteiger partial charge in [-0.1, -0.05) is 6.07 Å². The summed E-state index contributed by atoms with van der Waals surface area (Å²) in [5, 5.41) is 12.8. The van der Waals surface area contributed by atoms with Gasteiger partial charge in [-0.3, -0.25) is 14.4 Å². The second kappa shape index (κ2) is 7.78. The van der Waals surface area contributed by atoms with Crippen molar-refractivity contribution in [2.45, 2.75) is 6.42 Å². The minimum absolute atomic E-state index is 0.00668. The van der Waals surface area contributed by atoms with Gasteiger partial charge in [-0.25, -0.2) is 4.79 Å². The SMILES string of the molecule is COC(=O)CCNC(=O)/C=C/c1ccc2[nH]c(=O)c3[nH]cc(C(=O)O)c3c2c1. The van der Waals surface area contributed by atoms with Crippen LogP contribution in [0, 0.1) is 0 Å². The van der Waals surface area contributed by atoms with Gasteiger partial charge < -0.3 is 25.1 Å². The number of hydrogen-bond acceptors (Lipinski definition) is 5. The highest BCUT2D eigenvalue weighted by Crippen LogP contribution is 2.26. The Labute approximate surface area is 158 Å². The fourth-order valence-corrected chi connectivity index (χ4v) is 2.84. The molecule has 144 valence electrons. The number of rotatable bonds is 6. The normalized spacial score (nSPS) is 11.2. The van der Waals surface area contributed by atoms with Gasteiger partial charge in [0.2, 0.25) is 5.91 Å². The maximum atomic E-state index is 12.1. The maximum Gasteiger partial charge on any atom is 0.337 e. The zero-order chi connectivity index (χ0) is 20.3. The Hall–Kier alpha value is -3.88. The van der Waals surface area contributed by atoms with Crippen molar-refractivity contribution in [2.75, 3.05) is 13.7 Å². The third kappa shape index (κ3) is 3.78. The molecular weight excluding hydrogens is 366 g/mol. The first kappa shape index (κ1) is 18.9. The van der Waals surface area contributed by atoms with E-state index in [0.29, 0.717) is 21.9 Å². The number of carboxylic acid groups (broad SMARTS) is 1. The lowest BCUT2D eigenvalue weighted by Crippen LogP contribution is -2.24. The Morgan fingerprint density at radius 2 is 2.07 bits per heavy atom. The van der Waals surface area contributed by atoms with Crippen LogP contribution in [-0.4, -0.2) is 46.6 Å². The number of aromatic nitrogens is 2. The van der Waals surface area contributed by atoms with E-state index in [9.17, 15) is 24.3 Å². The molecule has 0 saturated heterocycles. The number of amides is 1. The number of hydrogen-bond donors (Lipinski definition) is 4. The lowest BCUT2D eigenvalue weighted by atomic mass is 10.0.